The summed E-state index contributed by atoms with van der Waals surface area (Å²) in [6.07, 6.45) is 2.60. The number of benzene rings is 1. The number of ether oxygens (including phenoxy) is 1. The molecule has 1 atom stereocenters. The van der Waals surface area contributed by atoms with E-state index in [9.17, 15) is 14.9 Å². The Hall–Kier alpha value is -3.01. The molecule has 1 fully saturated rings. The maximum atomic E-state index is 12.4. The van der Waals surface area contributed by atoms with Crippen LogP contribution in [0.3, 0.4) is 0 Å². The Morgan fingerprint density at radius 2 is 1.92 bits per heavy atom. The molecule has 1 aromatic carbocycles. The molecule has 0 radical (unpaired) electrons. The minimum atomic E-state index is -0.554. The van der Waals surface area contributed by atoms with Gasteiger partial charge in [0.15, 0.2) is 5.56 Å². The molecule has 1 aromatic heterocycles. The lowest BCUT2D eigenvalue weighted by molar-refractivity contribution is 0.0681. The van der Waals surface area contributed by atoms with Gasteiger partial charge in [-0.25, -0.2) is 4.79 Å². The normalized spacial score (nSPS) is 21.3. The van der Waals surface area contributed by atoms with Gasteiger partial charge < -0.3 is 9.64 Å². The minimum Gasteiger partial charge on any atom is -0.485 e. The smallest absolute Gasteiger partial charge is 0.332 e. The van der Waals surface area contributed by atoms with Gasteiger partial charge >= 0.3 is 5.69 Å². The van der Waals surface area contributed by atoms with Gasteiger partial charge in [0.05, 0.1) is 6.54 Å². The Balaban J connectivity index is 1.72. The van der Waals surface area contributed by atoms with E-state index < -0.39 is 11.2 Å². The molecule has 0 amide bonds. The van der Waals surface area contributed by atoms with Gasteiger partial charge in [-0.2, -0.15) is 5.26 Å². The molecule has 1 unspecified atom stereocenters. The van der Waals surface area contributed by atoms with E-state index in [-0.39, 0.29) is 11.2 Å². The largest absolute Gasteiger partial charge is 0.485 e. The summed E-state index contributed by atoms with van der Waals surface area (Å²) in [4.78, 5) is 26.6. The van der Waals surface area contributed by atoms with Crippen LogP contribution in [0.2, 0.25) is 0 Å². The van der Waals surface area contributed by atoms with Crippen LogP contribution in [0.4, 0.5) is 5.82 Å². The van der Waals surface area contributed by atoms with E-state index in [1.54, 1.807) is 7.05 Å². The third kappa shape index (κ3) is 2.33. The zero-order chi connectivity index (χ0) is 18.5. The molecule has 2 aliphatic heterocycles. The van der Waals surface area contributed by atoms with Crippen molar-refractivity contribution in [1.29, 1.82) is 5.26 Å². The van der Waals surface area contributed by atoms with E-state index in [4.69, 9.17) is 4.74 Å². The predicted octanol–water partition coefficient (Wildman–Crippen LogP) is 0.930. The molecule has 2 aromatic rings. The molecule has 2 aliphatic rings. The van der Waals surface area contributed by atoms with E-state index in [2.05, 4.69) is 6.07 Å². The lowest BCUT2D eigenvalue weighted by atomic mass is 9.90. The van der Waals surface area contributed by atoms with Crippen LogP contribution in [0.1, 0.15) is 24.0 Å². The number of hydrogen-bond acceptors (Lipinski definition) is 5. The van der Waals surface area contributed by atoms with Crippen LogP contribution in [-0.4, -0.2) is 27.8 Å². The molecule has 0 N–H and O–H groups in total. The molecule has 3 heterocycles. The zero-order valence-electron chi connectivity index (χ0n) is 14.9. The maximum Gasteiger partial charge on any atom is 0.332 e. The number of para-hydroxylation sites is 1. The molecule has 0 aliphatic carbocycles. The van der Waals surface area contributed by atoms with Gasteiger partial charge in [0.25, 0.3) is 5.56 Å². The van der Waals surface area contributed by atoms with Crippen molar-refractivity contribution < 1.29 is 4.74 Å². The van der Waals surface area contributed by atoms with Crippen molar-refractivity contribution in [3.63, 3.8) is 0 Å². The fourth-order valence-corrected chi connectivity index (χ4v) is 4.07. The first-order valence-electron chi connectivity index (χ1n) is 8.68. The second kappa shape index (κ2) is 5.77. The van der Waals surface area contributed by atoms with Crippen molar-refractivity contribution in [3.05, 3.63) is 56.2 Å². The van der Waals surface area contributed by atoms with Crippen LogP contribution in [0.25, 0.3) is 0 Å². The van der Waals surface area contributed by atoms with Crippen molar-refractivity contribution >= 4 is 5.82 Å². The second-order valence-electron chi connectivity index (χ2n) is 7.08. The summed E-state index contributed by atoms with van der Waals surface area (Å²) in [5.74, 6) is 1.29. The second-order valence-corrected chi connectivity index (χ2v) is 7.08. The lowest BCUT2D eigenvalue weighted by Crippen LogP contribution is -2.45. The molecule has 4 rings (SSSR count). The van der Waals surface area contributed by atoms with E-state index in [1.807, 2.05) is 29.2 Å². The molecular weight excluding hydrogens is 332 g/mol. The first-order chi connectivity index (χ1) is 12.5. The minimum absolute atomic E-state index is 0.00265. The highest BCUT2D eigenvalue weighted by Gasteiger charge is 2.44. The standard InChI is InChI=1S/C19H20N4O3/c1-21-16(14(11-20)17(24)22(2)18(21)25)23-10-9-19(12-23)8-7-13-5-3-4-6-15(13)26-19/h3-6H,7-10,12H2,1-2H3. The lowest BCUT2D eigenvalue weighted by Gasteiger charge is -2.36. The van der Waals surface area contributed by atoms with Crippen molar-refractivity contribution in [3.8, 4) is 11.8 Å². The third-order valence-electron chi connectivity index (χ3n) is 5.51. The predicted molar refractivity (Wildman–Crippen MR) is 96.6 cm³/mol. The number of anilines is 1. The molecule has 7 nitrogen and oxygen atoms in total. The SMILES string of the molecule is Cn1c(N2CCC3(CCc4ccccc4O3)C2)c(C#N)c(=O)n(C)c1=O. The van der Waals surface area contributed by atoms with Gasteiger partial charge in [0, 0.05) is 27.1 Å². The van der Waals surface area contributed by atoms with Gasteiger partial charge in [-0.15, -0.1) is 0 Å². The Morgan fingerprint density at radius 1 is 1.15 bits per heavy atom. The van der Waals surface area contributed by atoms with Crippen molar-refractivity contribution in [2.75, 3.05) is 18.0 Å². The van der Waals surface area contributed by atoms with Crippen LogP contribution in [0.15, 0.2) is 33.9 Å². The highest BCUT2D eigenvalue weighted by molar-refractivity contribution is 5.55. The van der Waals surface area contributed by atoms with E-state index in [0.29, 0.717) is 18.9 Å². The van der Waals surface area contributed by atoms with E-state index in [0.717, 1.165) is 29.6 Å². The average Bonchev–Trinajstić information content (AvgIpc) is 3.05. The molecule has 26 heavy (non-hydrogen) atoms. The first kappa shape index (κ1) is 16.5. The van der Waals surface area contributed by atoms with Gasteiger partial charge in [-0.05, 0) is 24.5 Å². The summed E-state index contributed by atoms with van der Waals surface area (Å²) < 4.78 is 8.69. The molecule has 134 valence electrons. The van der Waals surface area contributed by atoms with Crippen molar-refractivity contribution in [1.82, 2.24) is 9.13 Å². The number of aryl methyl sites for hydroxylation is 1. The molecular formula is C19H20N4O3. The number of fused-ring (bicyclic) bond motifs is 1. The van der Waals surface area contributed by atoms with Crippen molar-refractivity contribution in [2.24, 2.45) is 14.1 Å². The Labute approximate surface area is 150 Å². The number of rotatable bonds is 1. The monoisotopic (exact) mass is 352 g/mol. The molecule has 0 bridgehead atoms. The van der Waals surface area contributed by atoms with Crippen LogP contribution < -0.4 is 20.9 Å². The number of aromatic nitrogens is 2. The molecule has 7 heteroatoms. The first-order valence-corrected chi connectivity index (χ1v) is 8.68. The molecule has 1 saturated heterocycles. The molecule has 0 saturated carbocycles. The van der Waals surface area contributed by atoms with Gasteiger partial charge in [-0.1, -0.05) is 18.2 Å². The van der Waals surface area contributed by atoms with Crippen LogP contribution >= 0.6 is 0 Å². The summed E-state index contributed by atoms with van der Waals surface area (Å²) in [6, 6.07) is 10.0. The van der Waals surface area contributed by atoms with Gasteiger partial charge in [0.1, 0.15) is 23.2 Å². The average molecular weight is 352 g/mol. The Bertz CT molecular complexity index is 1050. The highest BCUT2D eigenvalue weighted by atomic mass is 16.5. The maximum absolute atomic E-state index is 12.4. The third-order valence-corrected chi connectivity index (χ3v) is 5.51. The number of hydrogen-bond donors (Lipinski definition) is 0. The summed E-state index contributed by atoms with van der Waals surface area (Å²) in [5.41, 5.74) is -0.127. The highest BCUT2D eigenvalue weighted by Crippen LogP contribution is 2.39. The van der Waals surface area contributed by atoms with Crippen LogP contribution in [0, 0.1) is 11.3 Å². The quantitative estimate of drug-likeness (QED) is 0.763. The van der Waals surface area contributed by atoms with Gasteiger partial charge in [0.2, 0.25) is 0 Å². The Morgan fingerprint density at radius 3 is 2.69 bits per heavy atom. The number of nitriles is 1. The van der Waals surface area contributed by atoms with E-state index in [1.165, 1.54) is 17.2 Å². The summed E-state index contributed by atoms with van der Waals surface area (Å²) in [6.45, 7) is 1.19. The summed E-state index contributed by atoms with van der Waals surface area (Å²) in [7, 11) is 2.99. The zero-order valence-corrected chi connectivity index (χ0v) is 14.9. The summed E-state index contributed by atoms with van der Waals surface area (Å²) >= 11 is 0. The fourth-order valence-electron chi connectivity index (χ4n) is 4.07. The van der Waals surface area contributed by atoms with Crippen LogP contribution in [-0.2, 0) is 20.5 Å². The fraction of sp³-hybridized carbons (Fsp3) is 0.421. The molecule has 1 spiro atoms. The Kier molecular flexibility index (Phi) is 3.65. The van der Waals surface area contributed by atoms with Crippen LogP contribution in [0.5, 0.6) is 5.75 Å². The van der Waals surface area contributed by atoms with Crippen molar-refractivity contribution in [2.45, 2.75) is 24.9 Å². The van der Waals surface area contributed by atoms with Gasteiger partial charge in [-0.3, -0.25) is 13.9 Å². The number of nitrogens with zero attached hydrogens (tertiary/aromatic N) is 4. The summed E-state index contributed by atoms with van der Waals surface area (Å²) in [5, 5.41) is 9.49. The van der Waals surface area contributed by atoms with E-state index >= 15 is 0 Å². The topological polar surface area (TPSA) is 80.3 Å².